The van der Waals surface area contributed by atoms with E-state index in [1.165, 1.54) is 25.4 Å². The molecule has 0 saturated heterocycles. The van der Waals surface area contributed by atoms with E-state index in [0.29, 0.717) is 34.8 Å². The standard InChI is InChI=1S/C21H20FN5O4S/c1-3-31-18-9-12(8-17-20(18)21(23)26-25-17)16-7-4-13(11-24-16)27-32(28,29)19-10-14(30-2)5-6-15(19)22/h4-11,27H,3H2,1-2H3,(H3,23,25,26). The van der Waals surface area contributed by atoms with Gasteiger partial charge in [-0.2, -0.15) is 5.10 Å². The van der Waals surface area contributed by atoms with Gasteiger partial charge >= 0.3 is 0 Å². The zero-order chi connectivity index (χ0) is 22.9. The van der Waals surface area contributed by atoms with Crippen molar-refractivity contribution < 1.29 is 22.3 Å². The van der Waals surface area contributed by atoms with Gasteiger partial charge in [-0.3, -0.25) is 14.8 Å². The number of ether oxygens (including phenoxy) is 2. The number of halogens is 1. The number of nitrogens with two attached hydrogens (primary N) is 1. The normalized spacial score (nSPS) is 11.5. The van der Waals surface area contributed by atoms with E-state index in [2.05, 4.69) is 19.9 Å². The number of aromatic amines is 1. The van der Waals surface area contributed by atoms with Gasteiger partial charge in [0.15, 0.2) is 5.82 Å². The summed E-state index contributed by atoms with van der Waals surface area (Å²) in [6.07, 6.45) is 1.34. The highest BCUT2D eigenvalue weighted by atomic mass is 32.2. The second-order valence-electron chi connectivity index (χ2n) is 6.77. The van der Waals surface area contributed by atoms with Gasteiger partial charge in [-0.05, 0) is 43.3 Å². The lowest BCUT2D eigenvalue weighted by Crippen LogP contribution is -2.15. The molecule has 4 N–H and O–H groups in total. The van der Waals surface area contributed by atoms with E-state index in [-0.39, 0.29) is 11.4 Å². The smallest absolute Gasteiger partial charge is 0.265 e. The van der Waals surface area contributed by atoms with Gasteiger partial charge in [0, 0.05) is 11.6 Å². The summed E-state index contributed by atoms with van der Waals surface area (Å²) in [5.74, 6) is 0.225. The number of hydrogen-bond donors (Lipinski definition) is 3. The summed E-state index contributed by atoms with van der Waals surface area (Å²) in [7, 11) is -2.82. The Labute approximate surface area is 183 Å². The molecule has 11 heteroatoms. The van der Waals surface area contributed by atoms with Crippen molar-refractivity contribution in [3.63, 3.8) is 0 Å². The highest BCUT2D eigenvalue weighted by molar-refractivity contribution is 7.92. The fourth-order valence-corrected chi connectivity index (χ4v) is 4.35. The molecule has 2 aromatic heterocycles. The second-order valence-corrected chi connectivity index (χ2v) is 8.42. The summed E-state index contributed by atoms with van der Waals surface area (Å²) < 4.78 is 52.4. The van der Waals surface area contributed by atoms with Crippen molar-refractivity contribution in [3.8, 4) is 22.8 Å². The Morgan fingerprint density at radius 3 is 2.69 bits per heavy atom. The maximum Gasteiger partial charge on any atom is 0.265 e. The van der Waals surface area contributed by atoms with Crippen molar-refractivity contribution in [2.75, 3.05) is 24.2 Å². The topological polar surface area (TPSA) is 132 Å². The van der Waals surface area contributed by atoms with Crippen LogP contribution in [0.25, 0.3) is 22.2 Å². The highest BCUT2D eigenvalue weighted by Gasteiger charge is 2.21. The lowest BCUT2D eigenvalue weighted by Gasteiger charge is -2.11. The summed E-state index contributed by atoms with van der Waals surface area (Å²) in [6.45, 7) is 2.30. The SMILES string of the molecule is CCOc1cc(-c2ccc(NS(=O)(=O)c3cc(OC)ccc3F)cn2)cc2[nH]nc(N)c12. The molecule has 166 valence electrons. The molecular formula is C21H20FN5O4S. The minimum absolute atomic E-state index is 0.174. The van der Waals surface area contributed by atoms with Gasteiger partial charge in [0.05, 0.1) is 42.2 Å². The number of methoxy groups -OCH3 is 1. The van der Waals surface area contributed by atoms with Crippen LogP contribution in [0.1, 0.15) is 6.92 Å². The van der Waals surface area contributed by atoms with Crippen LogP contribution in [0.4, 0.5) is 15.9 Å². The molecule has 0 aliphatic heterocycles. The maximum atomic E-state index is 14.1. The minimum atomic E-state index is -4.19. The van der Waals surface area contributed by atoms with Crippen LogP contribution >= 0.6 is 0 Å². The zero-order valence-corrected chi connectivity index (χ0v) is 18.0. The molecule has 4 rings (SSSR count). The number of fused-ring (bicyclic) bond motifs is 1. The van der Waals surface area contributed by atoms with Gasteiger partial charge in [-0.25, -0.2) is 12.8 Å². The number of nitrogens with one attached hydrogen (secondary N) is 2. The molecule has 4 aromatic rings. The summed E-state index contributed by atoms with van der Waals surface area (Å²) >= 11 is 0. The Morgan fingerprint density at radius 2 is 2.00 bits per heavy atom. The Kier molecular flexibility index (Phi) is 5.57. The largest absolute Gasteiger partial charge is 0.497 e. The zero-order valence-electron chi connectivity index (χ0n) is 17.2. The molecular weight excluding hydrogens is 437 g/mol. The summed E-state index contributed by atoms with van der Waals surface area (Å²) in [5, 5.41) is 7.54. The van der Waals surface area contributed by atoms with Crippen molar-refractivity contribution in [2.24, 2.45) is 0 Å². The third-order valence-corrected chi connectivity index (χ3v) is 6.09. The fourth-order valence-electron chi connectivity index (χ4n) is 3.21. The number of pyridine rings is 1. The lowest BCUT2D eigenvalue weighted by molar-refractivity contribution is 0.344. The first-order valence-electron chi connectivity index (χ1n) is 9.55. The molecule has 32 heavy (non-hydrogen) atoms. The van der Waals surface area contributed by atoms with E-state index in [9.17, 15) is 12.8 Å². The van der Waals surface area contributed by atoms with Crippen LogP contribution in [-0.2, 0) is 10.0 Å². The number of benzene rings is 2. The minimum Gasteiger partial charge on any atom is -0.497 e. The Hall–Kier alpha value is -3.86. The Bertz CT molecular complexity index is 1390. The summed E-state index contributed by atoms with van der Waals surface area (Å²) in [4.78, 5) is 3.81. The predicted molar refractivity (Wildman–Crippen MR) is 119 cm³/mol. The number of H-pyrrole nitrogens is 1. The van der Waals surface area contributed by atoms with Gasteiger partial charge in [0.2, 0.25) is 0 Å². The van der Waals surface area contributed by atoms with E-state index in [4.69, 9.17) is 15.2 Å². The first-order chi connectivity index (χ1) is 15.3. The molecule has 2 heterocycles. The van der Waals surface area contributed by atoms with Crippen LogP contribution in [0, 0.1) is 5.82 Å². The number of nitrogen functional groups attached to an aromatic ring is 1. The molecule has 0 amide bonds. The van der Waals surface area contributed by atoms with Gasteiger partial charge in [-0.15, -0.1) is 0 Å². The Morgan fingerprint density at radius 1 is 1.19 bits per heavy atom. The monoisotopic (exact) mass is 457 g/mol. The average molecular weight is 457 g/mol. The quantitative estimate of drug-likeness (QED) is 0.387. The molecule has 0 unspecified atom stereocenters. The van der Waals surface area contributed by atoms with Crippen molar-refractivity contribution in [1.29, 1.82) is 0 Å². The van der Waals surface area contributed by atoms with E-state index in [1.54, 1.807) is 12.1 Å². The lowest BCUT2D eigenvalue weighted by atomic mass is 10.1. The van der Waals surface area contributed by atoms with Crippen LogP contribution in [-0.4, -0.2) is 37.3 Å². The van der Waals surface area contributed by atoms with Crippen molar-refractivity contribution in [2.45, 2.75) is 11.8 Å². The number of nitrogens with zero attached hydrogens (tertiary/aromatic N) is 2. The van der Waals surface area contributed by atoms with E-state index in [1.807, 2.05) is 13.0 Å². The first kappa shape index (κ1) is 21.4. The first-order valence-corrected chi connectivity index (χ1v) is 11.0. The van der Waals surface area contributed by atoms with Crippen LogP contribution in [0.15, 0.2) is 53.6 Å². The van der Waals surface area contributed by atoms with E-state index < -0.39 is 20.7 Å². The number of rotatable bonds is 7. The molecule has 0 atom stereocenters. The van der Waals surface area contributed by atoms with E-state index in [0.717, 1.165) is 17.7 Å². The van der Waals surface area contributed by atoms with Crippen molar-refractivity contribution >= 4 is 32.4 Å². The molecule has 0 fully saturated rings. The van der Waals surface area contributed by atoms with Gasteiger partial charge in [-0.1, -0.05) is 0 Å². The van der Waals surface area contributed by atoms with Crippen LogP contribution < -0.4 is 19.9 Å². The third-order valence-electron chi connectivity index (χ3n) is 4.69. The van der Waals surface area contributed by atoms with E-state index >= 15 is 0 Å². The molecule has 0 aliphatic rings. The van der Waals surface area contributed by atoms with Gasteiger partial charge in [0.25, 0.3) is 10.0 Å². The van der Waals surface area contributed by atoms with Gasteiger partial charge < -0.3 is 15.2 Å². The summed E-state index contributed by atoms with van der Waals surface area (Å²) in [6, 6.07) is 10.3. The molecule has 0 aliphatic carbocycles. The fraction of sp³-hybridized carbons (Fsp3) is 0.143. The number of sulfonamides is 1. The number of hydrogen-bond acceptors (Lipinski definition) is 7. The van der Waals surface area contributed by atoms with Crippen molar-refractivity contribution in [1.82, 2.24) is 15.2 Å². The second kappa shape index (κ2) is 8.35. The average Bonchev–Trinajstić information content (AvgIpc) is 3.15. The maximum absolute atomic E-state index is 14.1. The van der Waals surface area contributed by atoms with Crippen molar-refractivity contribution in [3.05, 3.63) is 54.5 Å². The molecule has 0 bridgehead atoms. The predicted octanol–water partition coefficient (Wildman–Crippen LogP) is 3.55. The molecule has 0 radical (unpaired) electrons. The molecule has 9 nitrogen and oxygen atoms in total. The third kappa shape index (κ3) is 4.02. The summed E-state index contributed by atoms with van der Waals surface area (Å²) in [5.41, 5.74) is 8.06. The highest BCUT2D eigenvalue weighted by Crippen LogP contribution is 2.34. The van der Waals surface area contributed by atoms with Crippen LogP contribution in [0.3, 0.4) is 0 Å². The number of anilines is 2. The van der Waals surface area contributed by atoms with Crippen LogP contribution in [0.5, 0.6) is 11.5 Å². The molecule has 0 spiro atoms. The Balaban J connectivity index is 1.64. The van der Waals surface area contributed by atoms with Crippen LogP contribution in [0.2, 0.25) is 0 Å². The molecule has 0 saturated carbocycles. The van der Waals surface area contributed by atoms with Gasteiger partial charge in [0.1, 0.15) is 22.2 Å². The molecule has 2 aromatic carbocycles. The number of aromatic nitrogens is 3.